The van der Waals surface area contributed by atoms with Crippen LogP contribution >= 0.6 is 11.6 Å². The maximum Gasteiger partial charge on any atom is 0.227 e. The van der Waals surface area contributed by atoms with Crippen LogP contribution in [-0.4, -0.2) is 40.1 Å². The Kier molecular flexibility index (Phi) is 5.18. The predicted octanol–water partition coefficient (Wildman–Crippen LogP) is 3.69. The number of nitrogens with one attached hydrogen (secondary N) is 1. The van der Waals surface area contributed by atoms with Gasteiger partial charge in [-0.3, -0.25) is 4.79 Å². The lowest BCUT2D eigenvalue weighted by molar-refractivity contribution is -0.115. The molecule has 0 aliphatic carbocycles. The van der Waals surface area contributed by atoms with Crippen molar-refractivity contribution in [1.82, 2.24) is 15.0 Å². The molecule has 8 heteroatoms. The Hall–Kier alpha value is -3.03. The molecule has 3 aromatic rings. The summed E-state index contributed by atoms with van der Waals surface area (Å²) >= 11 is 6.03. The second-order valence-electron chi connectivity index (χ2n) is 6.42. The van der Waals surface area contributed by atoms with E-state index in [1.807, 2.05) is 42.2 Å². The highest BCUT2D eigenvalue weighted by atomic mass is 35.5. The van der Waals surface area contributed by atoms with Gasteiger partial charge in [0.2, 0.25) is 5.95 Å². The Bertz CT molecular complexity index is 1000. The fourth-order valence-corrected chi connectivity index (χ4v) is 3.29. The number of benzene rings is 1. The van der Waals surface area contributed by atoms with Crippen LogP contribution in [0.5, 0.6) is 0 Å². The maximum atomic E-state index is 11.3. The van der Waals surface area contributed by atoms with Gasteiger partial charge in [-0.25, -0.2) is 15.0 Å². The zero-order valence-electron chi connectivity index (χ0n) is 15.1. The lowest BCUT2D eigenvalue weighted by Gasteiger charge is -2.24. The number of halogens is 1. The van der Waals surface area contributed by atoms with Crippen LogP contribution in [0, 0.1) is 0 Å². The van der Waals surface area contributed by atoms with Crippen LogP contribution in [0.4, 0.5) is 17.5 Å². The number of anilines is 3. The number of pyridine rings is 1. The van der Waals surface area contributed by atoms with Gasteiger partial charge in [-0.15, -0.1) is 0 Å². The number of rotatable bonds is 5. The number of nitrogens with zero attached hydrogens (tertiary/aromatic N) is 4. The molecule has 0 bridgehead atoms. The molecule has 0 saturated carbocycles. The molecule has 2 unspecified atom stereocenters. The van der Waals surface area contributed by atoms with E-state index in [-0.39, 0.29) is 6.04 Å². The van der Waals surface area contributed by atoms with E-state index in [9.17, 15) is 4.79 Å². The average Bonchev–Trinajstić information content (AvgIpc) is 3.09. The third kappa shape index (κ3) is 3.81. The van der Waals surface area contributed by atoms with Crippen LogP contribution in [0.25, 0.3) is 11.3 Å². The third-order valence-corrected chi connectivity index (χ3v) is 4.65. The number of hydrogen-bond acceptors (Lipinski definition) is 7. The first-order chi connectivity index (χ1) is 13.6. The first-order valence-electron chi connectivity index (χ1n) is 8.81. The highest BCUT2D eigenvalue weighted by molar-refractivity contribution is 6.30. The van der Waals surface area contributed by atoms with E-state index in [0.29, 0.717) is 23.4 Å². The number of aromatic nitrogens is 3. The van der Waals surface area contributed by atoms with E-state index < -0.39 is 6.23 Å². The second-order valence-corrected chi connectivity index (χ2v) is 6.86. The smallest absolute Gasteiger partial charge is 0.227 e. The Balaban J connectivity index is 1.62. The number of carbonyl (C=O) groups is 1. The largest absolute Gasteiger partial charge is 0.349 e. The molecule has 2 aromatic heterocycles. The quantitative estimate of drug-likeness (QED) is 0.660. The lowest BCUT2D eigenvalue weighted by Crippen LogP contribution is -2.36. The van der Waals surface area contributed by atoms with Gasteiger partial charge in [0.25, 0.3) is 0 Å². The molecule has 1 aliphatic rings. The van der Waals surface area contributed by atoms with Crippen molar-refractivity contribution in [1.29, 1.82) is 0 Å². The minimum atomic E-state index is -0.622. The Morgan fingerprint density at radius 2 is 2.07 bits per heavy atom. The lowest BCUT2D eigenvalue weighted by atomic mass is 10.1. The van der Waals surface area contributed by atoms with Crippen LogP contribution < -0.4 is 10.2 Å². The van der Waals surface area contributed by atoms with E-state index in [2.05, 4.69) is 20.3 Å². The van der Waals surface area contributed by atoms with Gasteiger partial charge in [0.15, 0.2) is 12.5 Å². The maximum absolute atomic E-state index is 11.3. The highest BCUT2D eigenvalue weighted by Crippen LogP contribution is 2.27. The molecule has 7 nitrogen and oxygen atoms in total. The van der Waals surface area contributed by atoms with Crippen LogP contribution in [0.2, 0.25) is 5.02 Å². The van der Waals surface area contributed by atoms with Crippen molar-refractivity contribution in [2.24, 2.45) is 0 Å². The number of aldehydes is 1. The zero-order valence-corrected chi connectivity index (χ0v) is 15.9. The summed E-state index contributed by atoms with van der Waals surface area (Å²) in [5.41, 5.74) is 2.40. The van der Waals surface area contributed by atoms with Crippen LogP contribution in [-0.2, 0) is 9.53 Å². The minimum absolute atomic E-state index is 0.0587. The third-order valence-electron chi connectivity index (χ3n) is 4.42. The number of carbonyl (C=O) groups excluding carboxylic acids is 1. The van der Waals surface area contributed by atoms with Crippen molar-refractivity contribution in [2.75, 3.05) is 16.8 Å². The summed E-state index contributed by atoms with van der Waals surface area (Å²) in [7, 11) is 0. The molecule has 1 fully saturated rings. The molecule has 28 heavy (non-hydrogen) atoms. The Morgan fingerprint density at radius 1 is 1.21 bits per heavy atom. The summed E-state index contributed by atoms with van der Waals surface area (Å²) in [5.74, 6) is 1.13. The fourth-order valence-electron chi connectivity index (χ4n) is 3.10. The van der Waals surface area contributed by atoms with Gasteiger partial charge >= 0.3 is 0 Å². The number of ether oxygens (including phenoxy) is 1. The summed E-state index contributed by atoms with van der Waals surface area (Å²) in [6.07, 6.45) is 3.55. The standard InChI is InChI=1S/C20H18ClN5O2/c1-13-12-28-19(11-27)26(13)18-9-14(5-7-22-18)17-6-8-23-20(25-17)24-16-4-2-3-15(21)10-16/h2-11,13,19H,12H2,1H3,(H,23,24,25). The molecule has 1 N–H and O–H groups in total. The molecule has 0 amide bonds. The molecule has 2 atom stereocenters. The highest BCUT2D eigenvalue weighted by Gasteiger charge is 2.32. The van der Waals surface area contributed by atoms with Crippen molar-refractivity contribution < 1.29 is 9.53 Å². The monoisotopic (exact) mass is 395 g/mol. The van der Waals surface area contributed by atoms with Gasteiger partial charge in [0.1, 0.15) is 5.82 Å². The van der Waals surface area contributed by atoms with Gasteiger partial charge < -0.3 is 15.0 Å². The summed E-state index contributed by atoms with van der Waals surface area (Å²) in [6.45, 7) is 2.48. The van der Waals surface area contributed by atoms with Crippen LogP contribution in [0.15, 0.2) is 54.9 Å². The first-order valence-corrected chi connectivity index (χ1v) is 9.19. The number of hydrogen-bond donors (Lipinski definition) is 1. The summed E-state index contributed by atoms with van der Waals surface area (Å²) in [4.78, 5) is 26.4. The predicted molar refractivity (Wildman–Crippen MR) is 108 cm³/mol. The average molecular weight is 396 g/mol. The Labute approximate surface area is 167 Å². The molecule has 0 spiro atoms. The zero-order chi connectivity index (χ0) is 19.5. The van der Waals surface area contributed by atoms with Gasteiger partial charge in [-0.2, -0.15) is 0 Å². The van der Waals surface area contributed by atoms with Gasteiger partial charge in [0, 0.05) is 28.7 Å². The van der Waals surface area contributed by atoms with Gasteiger partial charge in [0.05, 0.1) is 18.3 Å². The van der Waals surface area contributed by atoms with Crippen LogP contribution in [0.3, 0.4) is 0 Å². The molecule has 142 valence electrons. The van der Waals surface area contributed by atoms with Crippen molar-refractivity contribution in [3.05, 3.63) is 59.9 Å². The fraction of sp³-hybridized carbons (Fsp3) is 0.200. The normalized spacial score (nSPS) is 18.9. The van der Waals surface area contributed by atoms with Crippen molar-refractivity contribution >= 4 is 35.3 Å². The molecule has 1 saturated heterocycles. The van der Waals surface area contributed by atoms with E-state index in [1.165, 1.54) is 0 Å². The minimum Gasteiger partial charge on any atom is -0.349 e. The van der Waals surface area contributed by atoms with Crippen molar-refractivity contribution in [3.8, 4) is 11.3 Å². The molecule has 3 heterocycles. The molecule has 1 aliphatic heterocycles. The van der Waals surface area contributed by atoms with Crippen LogP contribution in [0.1, 0.15) is 6.92 Å². The van der Waals surface area contributed by atoms with E-state index in [0.717, 1.165) is 23.2 Å². The van der Waals surface area contributed by atoms with Crippen molar-refractivity contribution in [3.63, 3.8) is 0 Å². The molecule has 4 rings (SSSR count). The van der Waals surface area contributed by atoms with Gasteiger partial charge in [-0.1, -0.05) is 17.7 Å². The summed E-state index contributed by atoms with van der Waals surface area (Å²) in [6, 6.07) is 13.0. The molecule has 0 radical (unpaired) electrons. The summed E-state index contributed by atoms with van der Waals surface area (Å²) in [5, 5.41) is 3.78. The first kappa shape index (κ1) is 18.3. The topological polar surface area (TPSA) is 80.2 Å². The summed E-state index contributed by atoms with van der Waals surface area (Å²) < 4.78 is 5.49. The van der Waals surface area contributed by atoms with E-state index in [4.69, 9.17) is 16.3 Å². The SMILES string of the molecule is CC1COC(C=O)N1c1cc(-c2ccnc(Nc3cccc(Cl)c3)n2)ccn1. The molecule has 1 aromatic carbocycles. The van der Waals surface area contributed by atoms with Crippen molar-refractivity contribution in [2.45, 2.75) is 19.2 Å². The van der Waals surface area contributed by atoms with Gasteiger partial charge in [-0.05, 0) is 43.3 Å². The molecular formula is C20H18ClN5O2. The van der Waals surface area contributed by atoms with E-state index in [1.54, 1.807) is 24.5 Å². The van der Waals surface area contributed by atoms with E-state index >= 15 is 0 Å². The second kappa shape index (κ2) is 7.92. The Morgan fingerprint density at radius 3 is 2.89 bits per heavy atom. The molecular weight excluding hydrogens is 378 g/mol.